The summed E-state index contributed by atoms with van der Waals surface area (Å²) in [6, 6.07) is 24.0. The Morgan fingerprint density at radius 2 is 1.57 bits per heavy atom. The Kier molecular flexibility index (Phi) is 7.47. The fourth-order valence-electron chi connectivity index (χ4n) is 3.40. The van der Waals surface area contributed by atoms with Crippen LogP contribution in [0.25, 0.3) is 34.2 Å². The Bertz CT molecular complexity index is 1200. The smallest absolute Gasteiger partial charge is 0.545 e. The third kappa shape index (κ3) is 5.00. The average molecular weight is 402 g/mol. The molecule has 0 bridgehead atoms. The molecule has 0 saturated carbocycles. The van der Waals surface area contributed by atoms with Crippen LogP contribution in [0, 0.1) is 0 Å². The van der Waals surface area contributed by atoms with Crippen LogP contribution >= 0.6 is 0 Å². The molecular formula is C26H19NaO3. The van der Waals surface area contributed by atoms with Crippen LogP contribution in [0.15, 0.2) is 95.6 Å². The molecule has 0 amide bonds. The van der Waals surface area contributed by atoms with E-state index in [1.165, 1.54) is 0 Å². The number of rotatable bonds is 6. The van der Waals surface area contributed by atoms with E-state index < -0.39 is 5.97 Å². The van der Waals surface area contributed by atoms with Gasteiger partial charge >= 0.3 is 29.6 Å². The zero-order valence-electron chi connectivity index (χ0n) is 16.7. The van der Waals surface area contributed by atoms with Crippen molar-refractivity contribution in [1.82, 2.24) is 0 Å². The van der Waals surface area contributed by atoms with Crippen LogP contribution < -0.4 is 34.7 Å². The van der Waals surface area contributed by atoms with E-state index >= 15 is 0 Å². The van der Waals surface area contributed by atoms with Crippen LogP contribution in [0.2, 0.25) is 0 Å². The number of carboxylic acids is 1. The van der Waals surface area contributed by atoms with Gasteiger partial charge in [-0.1, -0.05) is 91.0 Å². The number of carboxylic acid groups (broad SMARTS) is 1. The predicted octanol–water partition coefficient (Wildman–Crippen LogP) is 2.12. The number of fused-ring (bicyclic) bond motifs is 1. The number of carbonyl (C=O) groups is 1. The Morgan fingerprint density at radius 1 is 0.867 bits per heavy atom. The van der Waals surface area contributed by atoms with Gasteiger partial charge < -0.3 is 14.3 Å². The molecular weight excluding hydrogens is 383 g/mol. The van der Waals surface area contributed by atoms with Crippen LogP contribution in [0.3, 0.4) is 0 Å². The first-order valence-electron chi connectivity index (χ1n) is 9.41. The van der Waals surface area contributed by atoms with Crippen molar-refractivity contribution in [3.8, 4) is 11.1 Å². The van der Waals surface area contributed by atoms with Crippen LogP contribution in [0.5, 0.6) is 0 Å². The predicted molar refractivity (Wildman–Crippen MR) is 115 cm³/mol. The van der Waals surface area contributed by atoms with E-state index in [-0.39, 0.29) is 29.6 Å². The normalized spacial score (nSPS) is 11.2. The van der Waals surface area contributed by atoms with Gasteiger partial charge in [0.2, 0.25) is 0 Å². The molecule has 0 atom stereocenters. The maximum absolute atomic E-state index is 10.7. The minimum atomic E-state index is -1.21. The molecule has 3 aromatic carbocycles. The number of benzene rings is 3. The molecule has 0 aliphatic heterocycles. The summed E-state index contributed by atoms with van der Waals surface area (Å²) in [6.45, 7) is 0. The summed E-state index contributed by atoms with van der Waals surface area (Å²) >= 11 is 0. The standard InChI is InChI=1S/C26H20O3.Na/c27-25(28)17-16-20-9-5-4-8-19(20)12-6-13-22-14-7-15-23-24(18-29-26(22)23)21-10-2-1-3-11-21;/h1-12,14-18H,13H2,(H,27,28);/q;+1/p-1/b12-6+,17-16+;. The summed E-state index contributed by atoms with van der Waals surface area (Å²) in [5.41, 5.74) is 5.98. The molecule has 4 aromatic rings. The molecule has 0 N–H and O–H groups in total. The maximum atomic E-state index is 10.7. The van der Waals surface area contributed by atoms with E-state index in [0.29, 0.717) is 6.42 Å². The molecule has 0 unspecified atom stereocenters. The second-order valence-electron chi connectivity index (χ2n) is 6.70. The van der Waals surface area contributed by atoms with Crippen molar-refractivity contribution in [2.75, 3.05) is 0 Å². The number of hydrogen-bond donors (Lipinski definition) is 0. The van der Waals surface area contributed by atoms with E-state index in [4.69, 9.17) is 4.42 Å². The summed E-state index contributed by atoms with van der Waals surface area (Å²) < 4.78 is 5.91. The largest absolute Gasteiger partial charge is 1.00 e. The molecule has 0 aliphatic rings. The zero-order chi connectivity index (χ0) is 20.1. The summed E-state index contributed by atoms with van der Waals surface area (Å²) in [7, 11) is 0. The van der Waals surface area contributed by atoms with Gasteiger partial charge in [0.1, 0.15) is 5.58 Å². The van der Waals surface area contributed by atoms with E-state index in [1.807, 2.05) is 60.9 Å². The van der Waals surface area contributed by atoms with E-state index in [0.717, 1.165) is 44.9 Å². The fourth-order valence-corrected chi connectivity index (χ4v) is 3.40. The summed E-state index contributed by atoms with van der Waals surface area (Å²) in [6.07, 6.45) is 9.17. The van der Waals surface area contributed by atoms with E-state index in [1.54, 1.807) is 6.08 Å². The molecule has 0 radical (unpaired) electrons. The fraction of sp³-hybridized carbons (Fsp3) is 0.0385. The zero-order valence-corrected chi connectivity index (χ0v) is 18.7. The van der Waals surface area contributed by atoms with Crippen molar-refractivity contribution in [3.63, 3.8) is 0 Å². The van der Waals surface area contributed by atoms with Gasteiger partial charge in [0.25, 0.3) is 0 Å². The number of allylic oxidation sites excluding steroid dienone is 1. The van der Waals surface area contributed by atoms with Crippen LogP contribution in [0.4, 0.5) is 0 Å². The Labute approximate surface area is 197 Å². The Hall–Kier alpha value is -2.85. The molecule has 1 aromatic heterocycles. The maximum Gasteiger partial charge on any atom is 1.00 e. The topological polar surface area (TPSA) is 53.3 Å². The van der Waals surface area contributed by atoms with E-state index in [9.17, 15) is 9.90 Å². The summed E-state index contributed by atoms with van der Waals surface area (Å²) in [5.74, 6) is -1.21. The number of carbonyl (C=O) groups excluding carboxylic acids is 1. The third-order valence-electron chi connectivity index (χ3n) is 4.80. The number of hydrogen-bond acceptors (Lipinski definition) is 3. The van der Waals surface area contributed by atoms with Gasteiger partial charge in [-0.05, 0) is 34.8 Å². The van der Waals surface area contributed by atoms with Crippen LogP contribution in [-0.4, -0.2) is 5.97 Å². The van der Waals surface area contributed by atoms with Gasteiger partial charge in [0.15, 0.2) is 0 Å². The van der Waals surface area contributed by atoms with Crippen molar-refractivity contribution >= 4 is 29.1 Å². The number of furan rings is 1. The third-order valence-corrected chi connectivity index (χ3v) is 4.80. The first kappa shape index (κ1) is 21.8. The summed E-state index contributed by atoms with van der Waals surface area (Å²) in [4.78, 5) is 10.7. The quantitative estimate of drug-likeness (QED) is 0.367. The molecule has 4 rings (SSSR count). The van der Waals surface area contributed by atoms with Gasteiger partial charge in [0.05, 0.1) is 12.2 Å². The Morgan fingerprint density at radius 3 is 2.30 bits per heavy atom. The first-order chi connectivity index (χ1) is 14.2. The minimum absolute atomic E-state index is 0. The molecule has 0 fully saturated rings. The molecule has 3 nitrogen and oxygen atoms in total. The van der Waals surface area contributed by atoms with Crippen LogP contribution in [-0.2, 0) is 11.2 Å². The van der Waals surface area contributed by atoms with Gasteiger partial charge in [-0.3, -0.25) is 0 Å². The van der Waals surface area contributed by atoms with Crippen molar-refractivity contribution in [2.45, 2.75) is 6.42 Å². The molecule has 142 valence electrons. The van der Waals surface area contributed by atoms with Crippen molar-refractivity contribution < 1.29 is 43.9 Å². The van der Waals surface area contributed by atoms with Crippen LogP contribution in [0.1, 0.15) is 16.7 Å². The summed E-state index contributed by atoms with van der Waals surface area (Å²) in [5, 5.41) is 11.8. The SMILES string of the molecule is O=C([O-])/C=C/c1ccccc1/C=C/Cc1cccc2c(-c3ccccc3)coc12.[Na+]. The van der Waals surface area contributed by atoms with Gasteiger partial charge in [-0.2, -0.15) is 0 Å². The Balaban J connectivity index is 0.00000256. The van der Waals surface area contributed by atoms with E-state index in [2.05, 4.69) is 30.3 Å². The number of aliphatic carboxylic acids is 1. The second-order valence-corrected chi connectivity index (χ2v) is 6.70. The molecule has 0 saturated heterocycles. The molecule has 0 aliphatic carbocycles. The first-order valence-corrected chi connectivity index (χ1v) is 9.41. The van der Waals surface area contributed by atoms with Crippen molar-refractivity contribution in [3.05, 3.63) is 108 Å². The minimum Gasteiger partial charge on any atom is -0.545 e. The van der Waals surface area contributed by atoms with Gasteiger partial charge in [0, 0.05) is 10.9 Å². The van der Waals surface area contributed by atoms with Crippen molar-refractivity contribution in [2.24, 2.45) is 0 Å². The molecule has 4 heteroatoms. The van der Waals surface area contributed by atoms with Crippen molar-refractivity contribution in [1.29, 1.82) is 0 Å². The van der Waals surface area contributed by atoms with Gasteiger partial charge in [-0.25, -0.2) is 0 Å². The van der Waals surface area contributed by atoms with Gasteiger partial charge in [-0.15, -0.1) is 0 Å². The monoisotopic (exact) mass is 402 g/mol. The molecule has 1 heterocycles. The second kappa shape index (κ2) is 10.3. The molecule has 0 spiro atoms. The average Bonchev–Trinajstić information content (AvgIpc) is 3.19. The molecule has 30 heavy (non-hydrogen) atoms. The number of para-hydroxylation sites is 1.